The van der Waals surface area contributed by atoms with Gasteiger partial charge in [0.1, 0.15) is 0 Å². The van der Waals surface area contributed by atoms with E-state index < -0.39 is 0 Å². The summed E-state index contributed by atoms with van der Waals surface area (Å²) >= 11 is 0. The molecule has 4 N–H and O–H groups in total. The number of nitrogens with two attached hydrogens (primary N) is 1. The normalized spacial score (nSPS) is 12.6. The summed E-state index contributed by atoms with van der Waals surface area (Å²) < 4.78 is 0. The van der Waals surface area contributed by atoms with Crippen molar-refractivity contribution in [2.45, 2.75) is 116 Å². The van der Waals surface area contributed by atoms with Crippen molar-refractivity contribution in [3.8, 4) is 0 Å². The Hall–Kier alpha value is -0.860. The van der Waals surface area contributed by atoms with Crippen molar-refractivity contribution < 1.29 is 5.48 Å². The number of benzene rings is 1. The topological polar surface area (TPSA) is 57.5 Å². The second-order valence-corrected chi connectivity index (χ2v) is 8.89. The highest BCUT2D eigenvalue weighted by Crippen LogP contribution is 2.25. The van der Waals surface area contributed by atoms with Crippen LogP contribution in [0.1, 0.15) is 110 Å². The Labute approximate surface area is 169 Å². The molecule has 0 amide bonds. The van der Waals surface area contributed by atoms with Crippen LogP contribution in [0.15, 0.2) is 30.3 Å². The monoisotopic (exact) mass is 377 g/mol. The molecule has 0 aromatic heterocycles. The van der Waals surface area contributed by atoms with E-state index in [1.165, 1.54) is 89.0 Å². The van der Waals surface area contributed by atoms with Crippen molar-refractivity contribution in [1.29, 1.82) is 0 Å². The number of unbranched alkanes of at least 4 members (excludes halogenated alkanes) is 11. The van der Waals surface area contributed by atoms with Gasteiger partial charge in [0.15, 0.2) is 0 Å². The average Bonchev–Trinajstić information content (AvgIpc) is 2.61. The van der Waals surface area contributed by atoms with E-state index >= 15 is 0 Å². The first kappa shape index (κ1) is 26.1. The van der Waals surface area contributed by atoms with E-state index in [4.69, 9.17) is 5.73 Å². The van der Waals surface area contributed by atoms with E-state index in [0.717, 1.165) is 6.42 Å². The first-order valence-corrected chi connectivity index (χ1v) is 11.4. The van der Waals surface area contributed by atoms with Crippen molar-refractivity contribution in [2.75, 3.05) is 0 Å². The molecule has 0 aliphatic rings. The Morgan fingerprint density at radius 2 is 1.19 bits per heavy atom. The van der Waals surface area contributed by atoms with Crippen LogP contribution in [0, 0.1) is 5.92 Å². The molecule has 2 heteroatoms. The minimum Gasteiger partial charge on any atom is -0.412 e. The first-order chi connectivity index (χ1) is 12.5. The third kappa shape index (κ3) is 13.9. The lowest BCUT2D eigenvalue weighted by molar-refractivity contribution is 0.290. The summed E-state index contributed by atoms with van der Waals surface area (Å²) in [5, 5.41) is 0. The maximum atomic E-state index is 6.47. The van der Waals surface area contributed by atoms with E-state index in [0.29, 0.717) is 5.92 Å². The smallest absolute Gasteiger partial charge is 0.0129 e. The molecule has 0 bridgehead atoms. The van der Waals surface area contributed by atoms with Crippen LogP contribution in [-0.4, -0.2) is 11.0 Å². The maximum absolute atomic E-state index is 6.47. The fraction of sp³-hybridized carbons (Fsp3) is 0.760. The first-order valence-electron chi connectivity index (χ1n) is 11.4. The Morgan fingerprint density at radius 1 is 0.741 bits per heavy atom. The summed E-state index contributed by atoms with van der Waals surface area (Å²) in [6.45, 7) is 6.68. The highest BCUT2D eigenvalue weighted by Gasteiger charge is 2.24. The number of rotatable bonds is 16. The summed E-state index contributed by atoms with van der Waals surface area (Å²) in [6.07, 6.45) is 19.3. The van der Waals surface area contributed by atoms with Crippen molar-refractivity contribution in [3.05, 3.63) is 35.9 Å². The standard InChI is InChI=1S/C25H45N.H2O/c1-4-5-6-7-8-9-10-11-12-13-14-18-21-24(25(2,3)26)22-23-19-16-15-17-20-23;/h15-17,19-20,24H,4-14,18,21-22,26H2,1-3H3;1H2. The van der Waals surface area contributed by atoms with Gasteiger partial charge < -0.3 is 11.2 Å². The van der Waals surface area contributed by atoms with E-state index in [1.54, 1.807) is 0 Å². The summed E-state index contributed by atoms with van der Waals surface area (Å²) in [5.74, 6) is 0.577. The molecule has 0 radical (unpaired) electrons. The van der Waals surface area contributed by atoms with E-state index in [-0.39, 0.29) is 11.0 Å². The third-order valence-electron chi connectivity index (χ3n) is 5.78. The molecule has 1 aromatic rings. The molecule has 0 spiro atoms. The molecular weight excluding hydrogens is 330 g/mol. The highest BCUT2D eigenvalue weighted by molar-refractivity contribution is 5.16. The van der Waals surface area contributed by atoms with Gasteiger partial charge in [-0.25, -0.2) is 0 Å². The van der Waals surface area contributed by atoms with Crippen LogP contribution in [-0.2, 0) is 6.42 Å². The molecular formula is C25H47NO. The second-order valence-electron chi connectivity index (χ2n) is 8.89. The fourth-order valence-corrected chi connectivity index (χ4v) is 3.87. The predicted molar refractivity (Wildman–Crippen MR) is 121 cm³/mol. The quantitative estimate of drug-likeness (QED) is 0.315. The van der Waals surface area contributed by atoms with Crippen LogP contribution in [0.25, 0.3) is 0 Å². The van der Waals surface area contributed by atoms with Crippen molar-refractivity contribution in [2.24, 2.45) is 11.7 Å². The van der Waals surface area contributed by atoms with E-state index in [9.17, 15) is 0 Å². The zero-order valence-electron chi connectivity index (χ0n) is 18.4. The van der Waals surface area contributed by atoms with Crippen molar-refractivity contribution >= 4 is 0 Å². The highest BCUT2D eigenvalue weighted by atomic mass is 16.0. The van der Waals surface area contributed by atoms with Gasteiger partial charge in [-0.3, -0.25) is 0 Å². The van der Waals surface area contributed by atoms with Crippen LogP contribution >= 0.6 is 0 Å². The van der Waals surface area contributed by atoms with Gasteiger partial charge in [-0.05, 0) is 38.2 Å². The lowest BCUT2D eigenvalue weighted by Gasteiger charge is -2.31. The summed E-state index contributed by atoms with van der Waals surface area (Å²) in [4.78, 5) is 0. The van der Waals surface area contributed by atoms with Crippen LogP contribution in [0.3, 0.4) is 0 Å². The zero-order valence-corrected chi connectivity index (χ0v) is 18.4. The number of hydrogen-bond acceptors (Lipinski definition) is 1. The van der Waals surface area contributed by atoms with Gasteiger partial charge in [-0.2, -0.15) is 0 Å². The molecule has 2 nitrogen and oxygen atoms in total. The molecule has 27 heavy (non-hydrogen) atoms. The molecule has 0 aliphatic heterocycles. The average molecular weight is 378 g/mol. The Bertz CT molecular complexity index is 424. The van der Waals surface area contributed by atoms with Gasteiger partial charge >= 0.3 is 0 Å². The van der Waals surface area contributed by atoms with Gasteiger partial charge in [0.2, 0.25) is 0 Å². The van der Waals surface area contributed by atoms with Crippen molar-refractivity contribution in [1.82, 2.24) is 0 Å². The molecule has 1 rings (SSSR count). The Morgan fingerprint density at radius 3 is 1.63 bits per heavy atom. The van der Waals surface area contributed by atoms with Crippen LogP contribution < -0.4 is 5.73 Å². The van der Waals surface area contributed by atoms with Gasteiger partial charge in [0.25, 0.3) is 0 Å². The molecule has 1 atom stereocenters. The lowest BCUT2D eigenvalue weighted by Crippen LogP contribution is -2.42. The molecule has 1 unspecified atom stereocenters. The lowest BCUT2D eigenvalue weighted by atomic mass is 9.80. The third-order valence-corrected chi connectivity index (χ3v) is 5.78. The van der Waals surface area contributed by atoms with Crippen LogP contribution in [0.4, 0.5) is 0 Å². The molecule has 158 valence electrons. The van der Waals surface area contributed by atoms with Gasteiger partial charge in [0.05, 0.1) is 0 Å². The Kier molecular flexibility index (Phi) is 15.6. The van der Waals surface area contributed by atoms with Crippen molar-refractivity contribution in [3.63, 3.8) is 0 Å². The summed E-state index contributed by atoms with van der Waals surface area (Å²) in [7, 11) is 0. The SMILES string of the molecule is CCCCCCCCCCCCCCC(Cc1ccccc1)C(C)(C)N.O. The molecule has 0 aliphatic carbocycles. The molecule has 1 aromatic carbocycles. The molecule has 0 heterocycles. The maximum Gasteiger partial charge on any atom is 0.0129 e. The molecule has 0 fully saturated rings. The summed E-state index contributed by atoms with van der Waals surface area (Å²) in [6, 6.07) is 10.8. The fourth-order valence-electron chi connectivity index (χ4n) is 3.87. The largest absolute Gasteiger partial charge is 0.412 e. The van der Waals surface area contributed by atoms with Gasteiger partial charge in [-0.15, -0.1) is 0 Å². The Balaban J connectivity index is 0.00000676. The van der Waals surface area contributed by atoms with Gasteiger partial charge in [-0.1, -0.05) is 114 Å². The van der Waals surface area contributed by atoms with Crippen LogP contribution in [0.5, 0.6) is 0 Å². The van der Waals surface area contributed by atoms with E-state index in [2.05, 4.69) is 51.1 Å². The molecule has 0 saturated heterocycles. The zero-order chi connectivity index (χ0) is 19.1. The van der Waals surface area contributed by atoms with E-state index in [1.807, 2.05) is 0 Å². The second kappa shape index (κ2) is 16.1. The minimum absolute atomic E-state index is 0. The van der Waals surface area contributed by atoms with Crippen LogP contribution in [0.2, 0.25) is 0 Å². The minimum atomic E-state index is -0.0897. The summed E-state index contributed by atoms with van der Waals surface area (Å²) in [5.41, 5.74) is 7.80. The molecule has 0 saturated carbocycles. The number of hydrogen-bond donors (Lipinski definition) is 1. The predicted octanol–water partition coefficient (Wildman–Crippen LogP) is 6.85. The van der Waals surface area contributed by atoms with Gasteiger partial charge in [0, 0.05) is 5.54 Å².